The molecule has 11 heteroatoms. The molecule has 2 unspecified atom stereocenters. The Morgan fingerprint density at radius 1 is 1.27 bits per heavy atom. The first-order valence-corrected chi connectivity index (χ1v) is 11.2. The minimum absolute atomic E-state index is 0. The molecule has 0 spiro atoms. The number of aliphatic imine (C=N–C) groups is 1. The molecule has 30 heavy (non-hydrogen) atoms. The number of aromatic nitrogens is 1. The van der Waals surface area contributed by atoms with Gasteiger partial charge in [-0.25, -0.2) is 12.8 Å². The summed E-state index contributed by atoms with van der Waals surface area (Å²) in [7, 11) is -1.74. The number of hydrogen-bond acceptors (Lipinski definition) is 5. The fraction of sp³-hybridized carbons (Fsp3) is 0.474. The van der Waals surface area contributed by atoms with Gasteiger partial charge in [0.25, 0.3) is 0 Å². The summed E-state index contributed by atoms with van der Waals surface area (Å²) in [5.74, 6) is 0.519. The fourth-order valence-electron chi connectivity index (χ4n) is 3.71. The fourth-order valence-corrected chi connectivity index (χ4v) is 5.13. The Balaban J connectivity index is 0.00000256. The average Bonchev–Trinajstić information content (AvgIpc) is 3.29. The first kappa shape index (κ1) is 22.9. The first-order chi connectivity index (χ1) is 14.0. The van der Waals surface area contributed by atoms with E-state index < -0.39 is 10.0 Å². The number of guanidine groups is 1. The third-order valence-electron chi connectivity index (χ3n) is 5.37. The molecule has 1 N–H and O–H groups in total. The van der Waals surface area contributed by atoms with Gasteiger partial charge in [0, 0.05) is 51.3 Å². The smallest absolute Gasteiger partial charge is 0.220 e. The van der Waals surface area contributed by atoms with E-state index in [2.05, 4.69) is 15.5 Å². The maximum atomic E-state index is 14.0. The lowest BCUT2D eigenvalue weighted by Gasteiger charge is -2.35. The maximum Gasteiger partial charge on any atom is 0.220 e. The molecule has 8 nitrogen and oxygen atoms in total. The summed E-state index contributed by atoms with van der Waals surface area (Å²) in [5, 5.41) is 7.08. The number of sulfonamides is 1. The van der Waals surface area contributed by atoms with E-state index in [4.69, 9.17) is 4.52 Å². The van der Waals surface area contributed by atoms with Crippen LogP contribution in [-0.2, 0) is 15.8 Å². The van der Waals surface area contributed by atoms with Gasteiger partial charge in [-0.3, -0.25) is 4.99 Å². The zero-order chi connectivity index (χ0) is 20.4. The highest BCUT2D eigenvalue weighted by atomic mass is 127. The Morgan fingerprint density at radius 3 is 2.63 bits per heavy atom. The van der Waals surface area contributed by atoms with Gasteiger partial charge in [0.05, 0.1) is 5.69 Å². The minimum atomic E-state index is -3.44. The highest BCUT2D eigenvalue weighted by Gasteiger charge is 2.41. The molecule has 2 aliphatic rings. The quantitative estimate of drug-likeness (QED) is 0.349. The number of hydrogen-bond donors (Lipinski definition) is 1. The van der Waals surface area contributed by atoms with E-state index in [1.54, 1.807) is 19.2 Å². The van der Waals surface area contributed by atoms with E-state index >= 15 is 0 Å². The molecular weight excluding hydrogens is 524 g/mol. The average molecular weight is 549 g/mol. The van der Waals surface area contributed by atoms with Crippen molar-refractivity contribution in [1.82, 2.24) is 19.7 Å². The van der Waals surface area contributed by atoms with E-state index in [0.717, 1.165) is 17.9 Å². The van der Waals surface area contributed by atoms with Crippen molar-refractivity contribution >= 4 is 40.0 Å². The molecular formula is C19H25FIN5O3S. The van der Waals surface area contributed by atoms with E-state index in [0.29, 0.717) is 31.9 Å². The van der Waals surface area contributed by atoms with Crippen molar-refractivity contribution in [3.8, 4) is 0 Å². The molecule has 1 aromatic heterocycles. The summed E-state index contributed by atoms with van der Waals surface area (Å²) in [5.41, 5.74) is 1.13. The molecule has 0 radical (unpaired) electrons. The highest BCUT2D eigenvalue weighted by molar-refractivity contribution is 14.0. The van der Waals surface area contributed by atoms with Crippen LogP contribution in [0.15, 0.2) is 46.1 Å². The SMILES string of the molecule is CN=C(NC1CC1c1ccccc1F)N1CCN(S(=O)(=O)Cc2ccon2)CC1.I. The number of halogens is 2. The van der Waals surface area contributed by atoms with Crippen LogP contribution in [-0.4, -0.2) is 68.0 Å². The molecule has 2 aromatic rings. The lowest BCUT2D eigenvalue weighted by Crippen LogP contribution is -2.54. The Labute approximate surface area is 192 Å². The molecule has 164 valence electrons. The van der Waals surface area contributed by atoms with Crippen LogP contribution in [0.1, 0.15) is 23.6 Å². The summed E-state index contributed by atoms with van der Waals surface area (Å²) in [6, 6.07) is 8.54. The van der Waals surface area contributed by atoms with Crippen LogP contribution in [0.2, 0.25) is 0 Å². The van der Waals surface area contributed by atoms with E-state index in [1.807, 2.05) is 17.0 Å². The van der Waals surface area contributed by atoms with Gasteiger partial charge in [0.2, 0.25) is 10.0 Å². The lowest BCUT2D eigenvalue weighted by atomic mass is 10.1. The number of nitrogens with zero attached hydrogens (tertiary/aromatic N) is 4. The number of rotatable bonds is 5. The normalized spacial score (nSPS) is 22.5. The topological polar surface area (TPSA) is 91.0 Å². The second-order valence-corrected chi connectivity index (χ2v) is 9.26. The number of nitrogens with one attached hydrogen (secondary N) is 1. The zero-order valence-electron chi connectivity index (χ0n) is 16.6. The monoisotopic (exact) mass is 549 g/mol. The summed E-state index contributed by atoms with van der Waals surface area (Å²) < 4.78 is 45.3. The van der Waals surface area contributed by atoms with E-state index in [9.17, 15) is 12.8 Å². The van der Waals surface area contributed by atoms with Gasteiger partial charge in [0.1, 0.15) is 17.8 Å². The van der Waals surface area contributed by atoms with Crippen molar-refractivity contribution in [3.05, 3.63) is 53.7 Å². The molecule has 1 aliphatic heterocycles. The summed E-state index contributed by atoms with van der Waals surface area (Å²) >= 11 is 0. The van der Waals surface area contributed by atoms with Gasteiger partial charge in [-0.05, 0) is 18.1 Å². The summed E-state index contributed by atoms with van der Waals surface area (Å²) in [4.78, 5) is 6.38. The number of benzene rings is 1. The van der Waals surface area contributed by atoms with Gasteiger partial charge < -0.3 is 14.7 Å². The Kier molecular flexibility index (Phi) is 7.34. The third kappa shape index (κ3) is 5.11. The van der Waals surface area contributed by atoms with Crippen molar-refractivity contribution in [2.45, 2.75) is 24.1 Å². The summed E-state index contributed by atoms with van der Waals surface area (Å²) in [6.45, 7) is 1.83. The van der Waals surface area contributed by atoms with Crippen LogP contribution >= 0.6 is 24.0 Å². The number of piperazine rings is 1. The Hall–Kier alpha value is -1.73. The van der Waals surface area contributed by atoms with Crippen LogP contribution in [0.4, 0.5) is 4.39 Å². The molecule has 2 heterocycles. The van der Waals surface area contributed by atoms with Gasteiger partial charge in [-0.2, -0.15) is 4.31 Å². The molecule has 4 rings (SSSR count). The molecule has 0 bridgehead atoms. The Morgan fingerprint density at radius 2 is 2.00 bits per heavy atom. The highest BCUT2D eigenvalue weighted by Crippen LogP contribution is 2.41. The van der Waals surface area contributed by atoms with Gasteiger partial charge >= 0.3 is 0 Å². The minimum Gasteiger partial charge on any atom is -0.364 e. The zero-order valence-corrected chi connectivity index (χ0v) is 19.7. The van der Waals surface area contributed by atoms with Crippen molar-refractivity contribution in [2.24, 2.45) is 4.99 Å². The lowest BCUT2D eigenvalue weighted by molar-refractivity contribution is 0.259. The predicted octanol–water partition coefficient (Wildman–Crippen LogP) is 2.01. The van der Waals surface area contributed by atoms with Crippen molar-refractivity contribution in [2.75, 3.05) is 33.2 Å². The molecule has 1 saturated carbocycles. The molecule has 1 aliphatic carbocycles. The van der Waals surface area contributed by atoms with Crippen LogP contribution in [0.5, 0.6) is 0 Å². The van der Waals surface area contributed by atoms with Crippen molar-refractivity contribution < 1.29 is 17.3 Å². The van der Waals surface area contributed by atoms with Gasteiger partial charge in [0.15, 0.2) is 5.96 Å². The second-order valence-electron chi connectivity index (χ2n) is 7.29. The second kappa shape index (κ2) is 9.60. The predicted molar refractivity (Wildman–Crippen MR) is 122 cm³/mol. The third-order valence-corrected chi connectivity index (χ3v) is 7.19. The molecule has 0 amide bonds. The van der Waals surface area contributed by atoms with Crippen LogP contribution in [0.3, 0.4) is 0 Å². The standard InChI is InChI=1S/C19H24FN5O3S.HI/c1-21-19(22-18-12-16(18)15-4-2-3-5-17(15)20)24-7-9-25(10-8-24)29(26,27)13-14-6-11-28-23-14;/h2-6,11,16,18H,7-10,12-13H2,1H3,(H,21,22);1H. The summed E-state index contributed by atoms with van der Waals surface area (Å²) in [6.07, 6.45) is 2.22. The first-order valence-electron chi connectivity index (χ1n) is 9.57. The molecule has 2 fully saturated rings. The van der Waals surface area contributed by atoms with Crippen molar-refractivity contribution in [1.29, 1.82) is 0 Å². The van der Waals surface area contributed by atoms with Gasteiger partial charge in [-0.15, -0.1) is 24.0 Å². The van der Waals surface area contributed by atoms with Crippen LogP contribution in [0, 0.1) is 5.82 Å². The maximum absolute atomic E-state index is 14.0. The van der Waals surface area contributed by atoms with Crippen LogP contribution < -0.4 is 5.32 Å². The largest absolute Gasteiger partial charge is 0.364 e. The Bertz CT molecular complexity index is 978. The molecule has 1 saturated heterocycles. The van der Waals surface area contributed by atoms with Crippen LogP contribution in [0.25, 0.3) is 0 Å². The van der Waals surface area contributed by atoms with E-state index in [-0.39, 0.29) is 47.5 Å². The molecule has 1 aromatic carbocycles. The molecule has 2 atom stereocenters. The van der Waals surface area contributed by atoms with Crippen molar-refractivity contribution in [3.63, 3.8) is 0 Å². The van der Waals surface area contributed by atoms with E-state index in [1.165, 1.54) is 16.6 Å². The van der Waals surface area contributed by atoms with Gasteiger partial charge in [-0.1, -0.05) is 23.4 Å².